The van der Waals surface area contributed by atoms with E-state index in [2.05, 4.69) is 67.8 Å². The molecule has 0 spiro atoms. The molecule has 0 saturated carbocycles. The summed E-state index contributed by atoms with van der Waals surface area (Å²) < 4.78 is 2.38. The number of aromatic nitrogens is 1. The van der Waals surface area contributed by atoms with Crippen molar-refractivity contribution in [1.29, 1.82) is 0 Å². The third kappa shape index (κ3) is 2.71. The zero-order valence-corrected chi connectivity index (χ0v) is 17.2. The van der Waals surface area contributed by atoms with Crippen molar-refractivity contribution < 1.29 is 5.11 Å². The maximum atomic E-state index is 9.82. The fourth-order valence-electron chi connectivity index (χ4n) is 4.76. The molecule has 1 aliphatic rings. The smallest absolute Gasteiger partial charge is 0.115 e. The van der Waals surface area contributed by atoms with Crippen LogP contribution in [0.5, 0.6) is 5.75 Å². The Hall–Kier alpha value is -3.26. The topological polar surface area (TPSA) is 25.2 Å². The number of aromatic hydroxyl groups is 1. The molecular weight excluding hydrogens is 354 g/mol. The van der Waals surface area contributed by atoms with Gasteiger partial charge in [0.05, 0.1) is 5.69 Å². The maximum Gasteiger partial charge on any atom is 0.115 e. The molecule has 1 N–H and O–H groups in total. The number of nitrogens with zero attached hydrogens (tertiary/aromatic N) is 1. The fourth-order valence-corrected chi connectivity index (χ4v) is 4.76. The highest BCUT2D eigenvalue weighted by Gasteiger charge is 2.28. The first-order valence-electron chi connectivity index (χ1n) is 10.2. The molecule has 0 fully saturated rings. The third-order valence-electron chi connectivity index (χ3n) is 6.43. The highest BCUT2D eigenvalue weighted by molar-refractivity contribution is 5.90. The Morgan fingerprint density at radius 2 is 1.48 bits per heavy atom. The quantitative estimate of drug-likeness (QED) is 0.420. The molecule has 144 valence electrons. The van der Waals surface area contributed by atoms with Crippen LogP contribution in [0, 0.1) is 20.8 Å². The van der Waals surface area contributed by atoms with Crippen molar-refractivity contribution in [2.45, 2.75) is 33.6 Å². The first-order chi connectivity index (χ1) is 14.1. The highest BCUT2D eigenvalue weighted by atomic mass is 16.3. The van der Waals surface area contributed by atoms with Gasteiger partial charge in [-0.25, -0.2) is 0 Å². The number of hydrogen-bond acceptors (Lipinski definition) is 1. The van der Waals surface area contributed by atoms with Crippen LogP contribution in [0.4, 0.5) is 0 Å². The van der Waals surface area contributed by atoms with Gasteiger partial charge in [0.15, 0.2) is 0 Å². The summed E-state index contributed by atoms with van der Waals surface area (Å²) in [5.74, 6) is 0.293. The van der Waals surface area contributed by atoms with Crippen molar-refractivity contribution in [3.8, 4) is 33.8 Å². The summed E-state index contributed by atoms with van der Waals surface area (Å²) in [6, 6.07) is 23.0. The lowest BCUT2D eigenvalue weighted by molar-refractivity contribution is 0.475. The molecule has 1 heterocycles. The van der Waals surface area contributed by atoms with Crippen LogP contribution in [0.15, 0.2) is 66.7 Å². The van der Waals surface area contributed by atoms with Crippen LogP contribution in [0.3, 0.4) is 0 Å². The lowest BCUT2D eigenvalue weighted by atomic mass is 9.84. The van der Waals surface area contributed by atoms with Gasteiger partial charge in [0.25, 0.3) is 0 Å². The first-order valence-corrected chi connectivity index (χ1v) is 10.2. The van der Waals surface area contributed by atoms with Gasteiger partial charge in [-0.3, -0.25) is 0 Å². The summed E-state index contributed by atoms with van der Waals surface area (Å²) >= 11 is 0. The summed E-state index contributed by atoms with van der Waals surface area (Å²) in [4.78, 5) is 0. The molecule has 0 saturated heterocycles. The number of phenols is 1. The van der Waals surface area contributed by atoms with Gasteiger partial charge in [0.2, 0.25) is 0 Å². The molecule has 0 bridgehead atoms. The molecular formula is C27H25NO. The van der Waals surface area contributed by atoms with Crippen LogP contribution in [0.1, 0.15) is 27.9 Å². The highest BCUT2D eigenvalue weighted by Crippen LogP contribution is 2.46. The van der Waals surface area contributed by atoms with E-state index in [1.54, 1.807) is 12.1 Å². The minimum atomic E-state index is 0.293. The van der Waals surface area contributed by atoms with E-state index in [0.29, 0.717) is 5.75 Å². The molecule has 0 radical (unpaired) electrons. The van der Waals surface area contributed by atoms with E-state index in [-0.39, 0.29) is 0 Å². The summed E-state index contributed by atoms with van der Waals surface area (Å²) in [6.07, 6.45) is 2.14. The second-order valence-electron chi connectivity index (χ2n) is 8.04. The van der Waals surface area contributed by atoms with E-state index in [4.69, 9.17) is 0 Å². The summed E-state index contributed by atoms with van der Waals surface area (Å²) in [5, 5.41) is 9.82. The largest absolute Gasteiger partial charge is 0.508 e. The van der Waals surface area contributed by atoms with Crippen molar-refractivity contribution in [1.82, 2.24) is 4.57 Å². The van der Waals surface area contributed by atoms with Gasteiger partial charge in [-0.15, -0.1) is 0 Å². The summed E-state index contributed by atoms with van der Waals surface area (Å²) in [7, 11) is 0. The molecule has 2 nitrogen and oxygen atoms in total. The fraction of sp³-hybridized carbons (Fsp3) is 0.185. The normalized spacial score (nSPS) is 12.5. The summed E-state index contributed by atoms with van der Waals surface area (Å²) in [5.41, 5.74) is 13.1. The average molecular weight is 380 g/mol. The average Bonchev–Trinajstić information content (AvgIpc) is 3.03. The van der Waals surface area contributed by atoms with E-state index in [1.165, 1.54) is 50.3 Å². The third-order valence-corrected chi connectivity index (χ3v) is 6.43. The Morgan fingerprint density at radius 3 is 2.28 bits per heavy atom. The molecule has 5 rings (SSSR count). The van der Waals surface area contributed by atoms with Crippen molar-refractivity contribution in [2.75, 3.05) is 0 Å². The Balaban J connectivity index is 1.91. The minimum absolute atomic E-state index is 0.293. The number of phenolic OH excluding ortho intramolecular Hbond substituents is 1. The monoisotopic (exact) mass is 379 g/mol. The number of aryl methyl sites for hydroxylation is 2. The Labute approximate surface area is 172 Å². The molecule has 0 amide bonds. The molecule has 0 aliphatic heterocycles. The zero-order chi connectivity index (χ0) is 20.1. The van der Waals surface area contributed by atoms with E-state index in [9.17, 15) is 5.11 Å². The minimum Gasteiger partial charge on any atom is -0.508 e. The first kappa shape index (κ1) is 17.8. The van der Waals surface area contributed by atoms with Crippen LogP contribution in [0.2, 0.25) is 0 Å². The van der Waals surface area contributed by atoms with Gasteiger partial charge in [0, 0.05) is 22.5 Å². The standard InChI is InChI=1S/C27H25NO/c1-17-7-6-10-23(18(17)2)27-26-24(16-11-20-8-4-5-9-25(20)26)19(3)28(27)21-12-14-22(29)15-13-21/h4-10,12-15,29H,11,16H2,1-3H3. The van der Waals surface area contributed by atoms with Gasteiger partial charge in [-0.05, 0) is 85.7 Å². The van der Waals surface area contributed by atoms with E-state index in [1.807, 2.05) is 12.1 Å². The number of rotatable bonds is 2. The molecule has 0 atom stereocenters. The van der Waals surface area contributed by atoms with Crippen LogP contribution in [-0.4, -0.2) is 9.67 Å². The molecule has 0 unspecified atom stereocenters. The van der Waals surface area contributed by atoms with E-state index >= 15 is 0 Å². The van der Waals surface area contributed by atoms with Crippen molar-refractivity contribution in [3.05, 3.63) is 94.7 Å². The van der Waals surface area contributed by atoms with E-state index < -0.39 is 0 Å². The van der Waals surface area contributed by atoms with Gasteiger partial charge < -0.3 is 9.67 Å². The van der Waals surface area contributed by atoms with E-state index in [0.717, 1.165) is 18.5 Å². The van der Waals surface area contributed by atoms with Crippen molar-refractivity contribution >= 4 is 0 Å². The number of fused-ring (bicyclic) bond motifs is 3. The van der Waals surface area contributed by atoms with Crippen LogP contribution in [0.25, 0.3) is 28.1 Å². The number of hydrogen-bond donors (Lipinski definition) is 1. The van der Waals surface area contributed by atoms with Crippen molar-refractivity contribution in [2.24, 2.45) is 0 Å². The maximum absolute atomic E-state index is 9.82. The zero-order valence-electron chi connectivity index (χ0n) is 17.2. The van der Waals surface area contributed by atoms with Gasteiger partial charge >= 0.3 is 0 Å². The SMILES string of the molecule is Cc1cccc(-c2c3c(c(C)n2-c2ccc(O)cc2)CCc2ccccc2-3)c1C. The van der Waals surface area contributed by atoms with Gasteiger partial charge in [-0.2, -0.15) is 0 Å². The Kier molecular flexibility index (Phi) is 4.09. The molecule has 29 heavy (non-hydrogen) atoms. The molecule has 2 heteroatoms. The molecule has 4 aromatic rings. The molecule has 1 aliphatic carbocycles. The number of benzene rings is 3. The van der Waals surface area contributed by atoms with Gasteiger partial charge in [-0.1, -0.05) is 42.5 Å². The second kappa shape index (κ2) is 6.66. The van der Waals surface area contributed by atoms with Crippen LogP contribution >= 0.6 is 0 Å². The second-order valence-corrected chi connectivity index (χ2v) is 8.04. The van der Waals surface area contributed by atoms with Gasteiger partial charge in [0.1, 0.15) is 5.75 Å². The lowest BCUT2D eigenvalue weighted by Crippen LogP contribution is -2.03. The molecule has 3 aromatic carbocycles. The lowest BCUT2D eigenvalue weighted by Gasteiger charge is -2.20. The predicted octanol–water partition coefficient (Wildman–Crippen LogP) is 6.54. The summed E-state index contributed by atoms with van der Waals surface area (Å²) in [6.45, 7) is 6.63. The van der Waals surface area contributed by atoms with Crippen LogP contribution < -0.4 is 0 Å². The molecule has 1 aromatic heterocycles. The van der Waals surface area contributed by atoms with Crippen molar-refractivity contribution in [3.63, 3.8) is 0 Å². The Bertz CT molecular complexity index is 1230. The predicted molar refractivity (Wildman–Crippen MR) is 120 cm³/mol. The van der Waals surface area contributed by atoms with Crippen LogP contribution in [-0.2, 0) is 12.8 Å². The Morgan fingerprint density at radius 1 is 0.759 bits per heavy atom.